The average Bonchev–Trinajstić information content (AvgIpc) is 2.85. The first kappa shape index (κ1) is 14.5. The highest BCUT2D eigenvalue weighted by molar-refractivity contribution is 7.84. The molecule has 0 saturated heterocycles. The molecular weight excluding hydrogens is 274 g/mol. The van der Waals surface area contributed by atoms with Crippen LogP contribution in [0.15, 0.2) is 45.7 Å². The smallest absolute Gasteiger partial charge is 0.251 e. The van der Waals surface area contributed by atoms with E-state index in [-0.39, 0.29) is 11.9 Å². The van der Waals surface area contributed by atoms with Crippen molar-refractivity contribution < 1.29 is 13.4 Å². The predicted molar refractivity (Wildman–Crippen MR) is 78.1 cm³/mol. The molecular formula is C15H17NO3S. The molecule has 106 valence electrons. The molecule has 1 aromatic heterocycles. The molecule has 0 aliphatic heterocycles. The standard InChI is InChI=1S/C15H17NO3S/c1-10-4-9-14(19-10)11(2)16-15(17)12-5-7-13(8-6-12)20(3)18/h4-9,11H,1-3H3,(H,16,17)/t11-,20-/m1/s1. The lowest BCUT2D eigenvalue weighted by Gasteiger charge is -2.11. The molecule has 0 radical (unpaired) electrons. The van der Waals surface area contributed by atoms with Crippen LogP contribution >= 0.6 is 0 Å². The molecule has 0 fully saturated rings. The van der Waals surface area contributed by atoms with Crippen LogP contribution < -0.4 is 5.32 Å². The second kappa shape index (κ2) is 6.05. The SMILES string of the molecule is Cc1ccc([C@@H](C)NC(=O)c2ccc([S@@](C)=O)cc2)o1. The molecule has 1 heterocycles. The van der Waals surface area contributed by atoms with Crippen molar-refractivity contribution in [3.63, 3.8) is 0 Å². The second-order valence-electron chi connectivity index (χ2n) is 4.62. The summed E-state index contributed by atoms with van der Waals surface area (Å²) in [6.07, 6.45) is 1.61. The van der Waals surface area contributed by atoms with Gasteiger partial charge < -0.3 is 9.73 Å². The fourth-order valence-corrected chi connectivity index (χ4v) is 2.35. The maximum atomic E-state index is 12.1. The summed E-state index contributed by atoms with van der Waals surface area (Å²) in [7, 11) is -1.03. The van der Waals surface area contributed by atoms with Crippen LogP contribution in [0.1, 0.15) is 34.8 Å². The molecule has 0 bridgehead atoms. The molecule has 2 atom stereocenters. The Morgan fingerprint density at radius 3 is 2.35 bits per heavy atom. The molecule has 0 aliphatic carbocycles. The number of hydrogen-bond donors (Lipinski definition) is 1. The Hall–Kier alpha value is -1.88. The topological polar surface area (TPSA) is 59.3 Å². The lowest BCUT2D eigenvalue weighted by atomic mass is 10.2. The lowest BCUT2D eigenvalue weighted by Crippen LogP contribution is -2.26. The van der Waals surface area contributed by atoms with E-state index in [1.54, 1.807) is 30.5 Å². The van der Waals surface area contributed by atoms with Crippen LogP contribution in [0.3, 0.4) is 0 Å². The molecule has 2 aromatic rings. The first-order chi connectivity index (χ1) is 9.47. The fourth-order valence-electron chi connectivity index (χ4n) is 1.84. The Labute approximate surface area is 120 Å². The average molecular weight is 291 g/mol. The van der Waals surface area contributed by atoms with E-state index in [0.29, 0.717) is 10.5 Å². The highest BCUT2D eigenvalue weighted by Gasteiger charge is 2.14. The number of carbonyl (C=O) groups is 1. The van der Waals surface area contributed by atoms with Crippen molar-refractivity contribution >= 4 is 16.7 Å². The third kappa shape index (κ3) is 3.36. The molecule has 1 aromatic carbocycles. The van der Waals surface area contributed by atoms with Crippen molar-refractivity contribution in [2.24, 2.45) is 0 Å². The van der Waals surface area contributed by atoms with Gasteiger partial charge in [-0.3, -0.25) is 9.00 Å². The summed E-state index contributed by atoms with van der Waals surface area (Å²) in [5.41, 5.74) is 0.536. The molecule has 5 heteroatoms. The van der Waals surface area contributed by atoms with Crippen molar-refractivity contribution in [1.82, 2.24) is 5.32 Å². The normalized spacial score (nSPS) is 13.8. The van der Waals surface area contributed by atoms with Gasteiger partial charge in [-0.05, 0) is 50.2 Å². The molecule has 0 unspecified atom stereocenters. The summed E-state index contributed by atoms with van der Waals surface area (Å²) in [4.78, 5) is 12.8. The molecule has 1 amide bonds. The summed E-state index contributed by atoms with van der Waals surface area (Å²) in [5, 5.41) is 2.87. The van der Waals surface area contributed by atoms with Crippen molar-refractivity contribution in [1.29, 1.82) is 0 Å². The highest BCUT2D eigenvalue weighted by atomic mass is 32.2. The van der Waals surface area contributed by atoms with Crippen LogP contribution in [0.25, 0.3) is 0 Å². The molecule has 1 N–H and O–H groups in total. The number of benzene rings is 1. The highest BCUT2D eigenvalue weighted by Crippen LogP contribution is 2.16. The summed E-state index contributed by atoms with van der Waals surface area (Å²) >= 11 is 0. The zero-order chi connectivity index (χ0) is 14.7. The van der Waals surface area contributed by atoms with Gasteiger partial charge in [0.15, 0.2) is 0 Å². The van der Waals surface area contributed by atoms with Gasteiger partial charge in [0, 0.05) is 27.5 Å². The second-order valence-corrected chi connectivity index (χ2v) is 6.00. The molecule has 0 saturated carbocycles. The summed E-state index contributed by atoms with van der Waals surface area (Å²) in [6, 6.07) is 10.3. The largest absolute Gasteiger partial charge is 0.464 e. The maximum Gasteiger partial charge on any atom is 0.251 e. The molecule has 0 spiro atoms. The number of amides is 1. The quantitative estimate of drug-likeness (QED) is 0.942. The maximum absolute atomic E-state index is 12.1. The van der Waals surface area contributed by atoms with E-state index in [9.17, 15) is 9.00 Å². The van der Waals surface area contributed by atoms with Gasteiger partial charge in [0.1, 0.15) is 11.5 Å². The summed E-state index contributed by atoms with van der Waals surface area (Å²) in [6.45, 7) is 3.73. The van der Waals surface area contributed by atoms with E-state index < -0.39 is 10.8 Å². The third-order valence-electron chi connectivity index (χ3n) is 2.98. The molecule has 4 nitrogen and oxygen atoms in total. The van der Waals surface area contributed by atoms with E-state index in [1.807, 2.05) is 26.0 Å². The Morgan fingerprint density at radius 1 is 1.20 bits per heavy atom. The Morgan fingerprint density at radius 2 is 1.85 bits per heavy atom. The fraction of sp³-hybridized carbons (Fsp3) is 0.267. The lowest BCUT2D eigenvalue weighted by molar-refractivity contribution is 0.0935. The minimum Gasteiger partial charge on any atom is -0.464 e. The van der Waals surface area contributed by atoms with E-state index >= 15 is 0 Å². The number of rotatable bonds is 4. The first-order valence-corrected chi connectivity index (χ1v) is 7.84. The van der Waals surface area contributed by atoms with Crippen molar-refractivity contribution in [2.75, 3.05) is 6.26 Å². The third-order valence-corrected chi connectivity index (χ3v) is 3.92. The van der Waals surface area contributed by atoms with Gasteiger partial charge in [-0.25, -0.2) is 0 Å². The van der Waals surface area contributed by atoms with Gasteiger partial charge in [-0.2, -0.15) is 0 Å². The molecule has 0 aliphatic rings. The van der Waals surface area contributed by atoms with Gasteiger partial charge in [0.05, 0.1) is 6.04 Å². The monoisotopic (exact) mass is 291 g/mol. The van der Waals surface area contributed by atoms with Crippen LogP contribution in [0.2, 0.25) is 0 Å². The van der Waals surface area contributed by atoms with Crippen molar-refractivity contribution in [2.45, 2.75) is 24.8 Å². The number of nitrogens with one attached hydrogen (secondary N) is 1. The van der Waals surface area contributed by atoms with E-state index in [2.05, 4.69) is 5.32 Å². The summed E-state index contributed by atoms with van der Waals surface area (Å²) < 4.78 is 16.8. The van der Waals surface area contributed by atoms with Crippen molar-refractivity contribution in [3.05, 3.63) is 53.5 Å². The molecule has 2 rings (SSSR count). The van der Waals surface area contributed by atoms with Gasteiger partial charge in [-0.1, -0.05) is 0 Å². The van der Waals surface area contributed by atoms with Gasteiger partial charge in [0.25, 0.3) is 5.91 Å². The van der Waals surface area contributed by atoms with E-state index in [0.717, 1.165) is 11.5 Å². The van der Waals surface area contributed by atoms with E-state index in [4.69, 9.17) is 4.42 Å². The van der Waals surface area contributed by atoms with Crippen molar-refractivity contribution in [3.8, 4) is 0 Å². The van der Waals surface area contributed by atoms with Crippen LogP contribution in [0, 0.1) is 6.92 Å². The van der Waals surface area contributed by atoms with Crippen LogP contribution in [0.4, 0.5) is 0 Å². The first-order valence-electron chi connectivity index (χ1n) is 6.28. The zero-order valence-electron chi connectivity index (χ0n) is 11.7. The number of aryl methyl sites for hydroxylation is 1. The van der Waals surface area contributed by atoms with E-state index in [1.165, 1.54) is 0 Å². The minimum absolute atomic E-state index is 0.181. The number of hydrogen-bond acceptors (Lipinski definition) is 3. The zero-order valence-corrected chi connectivity index (χ0v) is 12.5. The van der Waals surface area contributed by atoms with Gasteiger partial charge >= 0.3 is 0 Å². The minimum atomic E-state index is -1.03. The Bertz CT molecular complexity index is 631. The van der Waals surface area contributed by atoms with Crippen LogP contribution in [0.5, 0.6) is 0 Å². The molecule has 20 heavy (non-hydrogen) atoms. The predicted octanol–water partition coefficient (Wildman–Crippen LogP) is 2.82. The van der Waals surface area contributed by atoms with Crippen LogP contribution in [-0.2, 0) is 10.8 Å². The van der Waals surface area contributed by atoms with Gasteiger partial charge in [0.2, 0.25) is 0 Å². The number of carbonyl (C=O) groups excluding carboxylic acids is 1. The van der Waals surface area contributed by atoms with Gasteiger partial charge in [-0.15, -0.1) is 0 Å². The number of furan rings is 1. The van der Waals surface area contributed by atoms with Crippen LogP contribution in [-0.4, -0.2) is 16.4 Å². The summed E-state index contributed by atoms with van der Waals surface area (Å²) in [5.74, 6) is 1.36. The Balaban J connectivity index is 2.06. The Kier molecular flexibility index (Phi) is 4.39.